The molecule has 0 unspecified atom stereocenters. The van der Waals surface area contributed by atoms with E-state index in [4.69, 9.17) is 0 Å². The summed E-state index contributed by atoms with van der Waals surface area (Å²) in [5.74, 6) is 0.435. The van der Waals surface area contributed by atoms with Crippen LogP contribution in [0.2, 0.25) is 0 Å². The highest BCUT2D eigenvalue weighted by Crippen LogP contribution is 2.18. The van der Waals surface area contributed by atoms with Gasteiger partial charge < -0.3 is 0 Å². The van der Waals surface area contributed by atoms with Gasteiger partial charge in [-0.15, -0.1) is 0 Å². The van der Waals surface area contributed by atoms with Crippen LogP contribution in [0.25, 0.3) is 0 Å². The number of carbonyl (C=O) groups excluding carboxylic acids is 1. The molecule has 0 aliphatic carbocycles. The molecule has 0 bridgehead atoms. The van der Waals surface area contributed by atoms with Gasteiger partial charge in [0.15, 0.2) is 5.82 Å². The van der Waals surface area contributed by atoms with E-state index in [0.29, 0.717) is 5.82 Å². The molecule has 1 rings (SSSR count). The monoisotopic (exact) mass is 167 g/mol. The van der Waals surface area contributed by atoms with Crippen LogP contribution in [0.3, 0.4) is 0 Å². The van der Waals surface area contributed by atoms with Crippen molar-refractivity contribution in [1.82, 2.24) is 14.8 Å². The Kier molecular flexibility index (Phi) is 2.00. The van der Waals surface area contributed by atoms with Gasteiger partial charge in [0.2, 0.25) is 5.78 Å². The normalized spacial score (nSPS) is 11.7. The maximum atomic E-state index is 11.6. The summed E-state index contributed by atoms with van der Waals surface area (Å²) in [5.41, 5.74) is -0.388. The fraction of sp³-hybridized carbons (Fsp3) is 0.625. The smallest absolute Gasteiger partial charge is 0.205 e. The Balaban J connectivity index is 3.01. The molecule has 66 valence electrons. The summed E-state index contributed by atoms with van der Waals surface area (Å²) in [6.45, 7) is 5.60. The summed E-state index contributed by atoms with van der Waals surface area (Å²) in [5, 5.41) is 3.84. The first kappa shape index (κ1) is 8.90. The first-order valence-corrected chi connectivity index (χ1v) is 3.81. The first-order chi connectivity index (χ1) is 5.43. The van der Waals surface area contributed by atoms with Crippen LogP contribution in [-0.2, 0) is 7.05 Å². The van der Waals surface area contributed by atoms with Gasteiger partial charge in [-0.2, -0.15) is 5.10 Å². The molecule has 4 nitrogen and oxygen atoms in total. The van der Waals surface area contributed by atoms with Crippen LogP contribution in [0, 0.1) is 5.41 Å². The average molecular weight is 167 g/mol. The third kappa shape index (κ3) is 1.52. The highest BCUT2D eigenvalue weighted by molar-refractivity contribution is 5.96. The van der Waals surface area contributed by atoms with Gasteiger partial charge in [-0.25, -0.2) is 9.67 Å². The summed E-state index contributed by atoms with van der Waals surface area (Å²) in [6, 6.07) is 0. The number of carbonyl (C=O) groups is 1. The second kappa shape index (κ2) is 2.69. The molecular formula is C8H13N3O. The van der Waals surface area contributed by atoms with Crippen molar-refractivity contribution in [2.75, 3.05) is 0 Å². The van der Waals surface area contributed by atoms with E-state index in [2.05, 4.69) is 10.1 Å². The van der Waals surface area contributed by atoms with Crippen molar-refractivity contribution in [3.8, 4) is 0 Å². The number of ketones is 1. The summed E-state index contributed by atoms with van der Waals surface area (Å²) in [7, 11) is 1.71. The molecule has 1 aromatic heterocycles. The van der Waals surface area contributed by atoms with E-state index in [1.165, 1.54) is 11.0 Å². The Bertz CT molecular complexity index is 295. The lowest BCUT2D eigenvalue weighted by atomic mass is 9.90. The van der Waals surface area contributed by atoms with Gasteiger partial charge in [-0.1, -0.05) is 20.8 Å². The topological polar surface area (TPSA) is 47.8 Å². The number of hydrogen-bond donors (Lipinski definition) is 0. The fourth-order valence-electron chi connectivity index (χ4n) is 0.837. The Morgan fingerprint density at radius 3 is 2.42 bits per heavy atom. The molecule has 0 saturated heterocycles. The highest BCUT2D eigenvalue weighted by atomic mass is 16.1. The van der Waals surface area contributed by atoms with E-state index in [0.717, 1.165) is 0 Å². The largest absolute Gasteiger partial charge is 0.290 e. The summed E-state index contributed by atoms with van der Waals surface area (Å²) in [6.07, 6.45) is 1.39. The lowest BCUT2D eigenvalue weighted by molar-refractivity contribution is 0.0842. The first-order valence-electron chi connectivity index (χ1n) is 3.81. The zero-order valence-corrected chi connectivity index (χ0v) is 7.83. The maximum Gasteiger partial charge on any atom is 0.205 e. The fourth-order valence-corrected chi connectivity index (χ4v) is 0.837. The minimum absolute atomic E-state index is 0.0162. The van der Waals surface area contributed by atoms with E-state index in [1.54, 1.807) is 7.05 Å². The van der Waals surface area contributed by atoms with Crippen LogP contribution in [0.15, 0.2) is 6.33 Å². The van der Waals surface area contributed by atoms with Crippen LogP contribution in [0.5, 0.6) is 0 Å². The highest BCUT2D eigenvalue weighted by Gasteiger charge is 2.26. The maximum absolute atomic E-state index is 11.6. The van der Waals surface area contributed by atoms with Crippen molar-refractivity contribution in [3.05, 3.63) is 12.2 Å². The molecule has 4 heteroatoms. The van der Waals surface area contributed by atoms with Crippen molar-refractivity contribution in [3.63, 3.8) is 0 Å². The second-order valence-electron chi connectivity index (χ2n) is 3.79. The molecule has 0 fully saturated rings. The lowest BCUT2D eigenvalue weighted by Gasteiger charge is -2.14. The molecular weight excluding hydrogens is 154 g/mol. The minimum Gasteiger partial charge on any atom is -0.290 e. The van der Waals surface area contributed by atoms with Crippen molar-refractivity contribution in [2.24, 2.45) is 12.5 Å². The van der Waals surface area contributed by atoms with Crippen LogP contribution in [0.4, 0.5) is 0 Å². The molecule has 12 heavy (non-hydrogen) atoms. The third-order valence-electron chi connectivity index (χ3n) is 1.60. The van der Waals surface area contributed by atoms with Crippen molar-refractivity contribution in [1.29, 1.82) is 0 Å². The van der Waals surface area contributed by atoms with Gasteiger partial charge in [-0.3, -0.25) is 4.79 Å². The molecule has 1 heterocycles. The Hall–Kier alpha value is -1.19. The third-order valence-corrected chi connectivity index (χ3v) is 1.60. The van der Waals surface area contributed by atoms with Gasteiger partial charge in [0.05, 0.1) is 0 Å². The Morgan fingerprint density at radius 1 is 1.50 bits per heavy atom. The quantitative estimate of drug-likeness (QED) is 0.587. The minimum atomic E-state index is -0.388. The number of Topliss-reactive ketones (excluding diaryl/α,β-unsaturated/α-hetero) is 1. The number of rotatable bonds is 1. The van der Waals surface area contributed by atoms with Gasteiger partial charge in [0, 0.05) is 12.5 Å². The summed E-state index contributed by atoms with van der Waals surface area (Å²) < 4.78 is 1.49. The van der Waals surface area contributed by atoms with Crippen LogP contribution in [-0.4, -0.2) is 20.5 Å². The van der Waals surface area contributed by atoms with Gasteiger partial charge in [0.25, 0.3) is 0 Å². The molecule has 0 radical (unpaired) electrons. The van der Waals surface area contributed by atoms with E-state index in [-0.39, 0.29) is 11.2 Å². The molecule has 0 atom stereocenters. The second-order valence-corrected chi connectivity index (χ2v) is 3.79. The van der Waals surface area contributed by atoms with E-state index in [9.17, 15) is 4.79 Å². The van der Waals surface area contributed by atoms with Gasteiger partial charge in [0.1, 0.15) is 6.33 Å². The number of aromatic nitrogens is 3. The zero-order chi connectivity index (χ0) is 9.35. The predicted molar refractivity (Wildman–Crippen MR) is 44.8 cm³/mol. The average Bonchev–Trinajstić information content (AvgIpc) is 2.31. The number of hydrogen-bond acceptors (Lipinski definition) is 3. The SMILES string of the molecule is Cn1ncnc1C(=O)C(C)(C)C. The van der Waals surface area contributed by atoms with Crippen molar-refractivity contribution < 1.29 is 4.79 Å². The van der Waals surface area contributed by atoms with Gasteiger partial charge >= 0.3 is 0 Å². The molecule has 0 aliphatic rings. The molecule has 0 amide bonds. The van der Waals surface area contributed by atoms with Crippen LogP contribution < -0.4 is 0 Å². The standard InChI is InChI=1S/C8H13N3O/c1-8(2,3)6(12)7-9-5-10-11(7)4/h5H,1-4H3. The number of nitrogens with zero attached hydrogens (tertiary/aromatic N) is 3. The summed E-state index contributed by atoms with van der Waals surface area (Å²) in [4.78, 5) is 15.5. The predicted octanol–water partition coefficient (Wildman–Crippen LogP) is 1.04. The molecule has 0 aliphatic heterocycles. The van der Waals surface area contributed by atoms with E-state index < -0.39 is 0 Å². The Labute approximate surface area is 71.6 Å². The molecule has 0 saturated carbocycles. The van der Waals surface area contributed by atoms with E-state index >= 15 is 0 Å². The zero-order valence-electron chi connectivity index (χ0n) is 7.83. The Morgan fingerprint density at radius 2 is 2.08 bits per heavy atom. The van der Waals surface area contributed by atoms with Crippen LogP contribution >= 0.6 is 0 Å². The van der Waals surface area contributed by atoms with Gasteiger partial charge in [-0.05, 0) is 0 Å². The number of aryl methyl sites for hydroxylation is 1. The van der Waals surface area contributed by atoms with Crippen molar-refractivity contribution >= 4 is 5.78 Å². The van der Waals surface area contributed by atoms with Crippen LogP contribution in [0.1, 0.15) is 31.4 Å². The molecule has 0 spiro atoms. The van der Waals surface area contributed by atoms with E-state index in [1.807, 2.05) is 20.8 Å². The molecule has 0 N–H and O–H groups in total. The lowest BCUT2D eigenvalue weighted by Crippen LogP contribution is -2.23. The molecule has 1 aromatic rings. The molecule has 0 aromatic carbocycles. The van der Waals surface area contributed by atoms with Crippen molar-refractivity contribution in [2.45, 2.75) is 20.8 Å². The summed E-state index contributed by atoms with van der Waals surface area (Å²) >= 11 is 0.